The number of ether oxygens (including phenoxy) is 1. The number of carbonyl (C=O) groups excluding carboxylic acids is 1. The summed E-state index contributed by atoms with van der Waals surface area (Å²) in [6, 6.07) is 21.4. The summed E-state index contributed by atoms with van der Waals surface area (Å²) in [5.41, 5.74) is 2.50. The Hall–Kier alpha value is -2.84. The van der Waals surface area contributed by atoms with Crippen molar-refractivity contribution in [3.63, 3.8) is 0 Å². The van der Waals surface area contributed by atoms with Gasteiger partial charge in [-0.1, -0.05) is 45.8 Å². The maximum atomic E-state index is 13.4. The number of carbonyl (C=O) groups is 1. The highest BCUT2D eigenvalue weighted by molar-refractivity contribution is 9.10. The molecular formula is C27H31BrN2O4S. The highest BCUT2D eigenvalue weighted by Crippen LogP contribution is 2.25. The molecule has 0 heterocycles. The van der Waals surface area contributed by atoms with Crippen molar-refractivity contribution in [1.82, 2.24) is 5.32 Å². The Kier molecular flexibility index (Phi) is 9.34. The van der Waals surface area contributed by atoms with Crippen LogP contribution in [-0.4, -0.2) is 33.5 Å². The van der Waals surface area contributed by atoms with Crippen LogP contribution < -0.4 is 14.4 Å². The summed E-state index contributed by atoms with van der Waals surface area (Å²) >= 11 is 3.37. The van der Waals surface area contributed by atoms with Gasteiger partial charge in [0.25, 0.3) is 10.0 Å². The number of nitrogens with zero attached hydrogens (tertiary/aromatic N) is 1. The lowest BCUT2D eigenvalue weighted by Gasteiger charge is -2.24. The van der Waals surface area contributed by atoms with E-state index < -0.39 is 10.0 Å². The van der Waals surface area contributed by atoms with E-state index in [1.807, 2.05) is 45.0 Å². The number of amides is 1. The van der Waals surface area contributed by atoms with Crippen molar-refractivity contribution >= 4 is 37.5 Å². The third kappa shape index (κ3) is 7.83. The van der Waals surface area contributed by atoms with Gasteiger partial charge in [0.1, 0.15) is 12.3 Å². The Balaban J connectivity index is 1.65. The Bertz CT molecular complexity index is 1230. The predicted octanol–water partition coefficient (Wildman–Crippen LogP) is 5.49. The number of hydrogen-bond acceptors (Lipinski definition) is 4. The third-order valence-corrected chi connectivity index (χ3v) is 7.56. The van der Waals surface area contributed by atoms with Crippen LogP contribution in [0.5, 0.6) is 5.75 Å². The SMILES string of the molecule is Cc1ccc(S(=O)(=O)N(CC(=O)NCCCc2cccc(OC(C)C)c2)c2ccc(Br)cc2)cc1. The summed E-state index contributed by atoms with van der Waals surface area (Å²) in [7, 11) is -3.92. The Morgan fingerprint density at radius 2 is 1.71 bits per heavy atom. The van der Waals surface area contributed by atoms with Crippen molar-refractivity contribution in [3.8, 4) is 5.75 Å². The molecule has 0 saturated heterocycles. The van der Waals surface area contributed by atoms with E-state index in [0.717, 1.165) is 38.5 Å². The van der Waals surface area contributed by atoms with Crippen molar-refractivity contribution < 1.29 is 17.9 Å². The van der Waals surface area contributed by atoms with Crippen molar-refractivity contribution in [2.75, 3.05) is 17.4 Å². The van der Waals surface area contributed by atoms with Gasteiger partial charge in [-0.15, -0.1) is 0 Å². The molecule has 8 heteroatoms. The predicted molar refractivity (Wildman–Crippen MR) is 143 cm³/mol. The molecule has 35 heavy (non-hydrogen) atoms. The first kappa shape index (κ1) is 26.8. The van der Waals surface area contributed by atoms with E-state index in [-0.39, 0.29) is 23.5 Å². The molecule has 0 spiro atoms. The van der Waals surface area contributed by atoms with Crippen LogP contribution in [0.1, 0.15) is 31.4 Å². The second-order valence-corrected chi connectivity index (χ2v) is 11.3. The summed E-state index contributed by atoms with van der Waals surface area (Å²) in [5.74, 6) is 0.466. The first-order valence-electron chi connectivity index (χ1n) is 11.5. The number of rotatable bonds is 11. The molecule has 0 unspecified atom stereocenters. The van der Waals surface area contributed by atoms with Gasteiger partial charge in [0.15, 0.2) is 0 Å². The minimum absolute atomic E-state index is 0.106. The maximum absolute atomic E-state index is 13.4. The van der Waals surface area contributed by atoms with Crippen LogP contribution in [-0.2, 0) is 21.2 Å². The van der Waals surface area contributed by atoms with Crippen LogP contribution in [0, 0.1) is 6.92 Å². The smallest absolute Gasteiger partial charge is 0.264 e. The monoisotopic (exact) mass is 558 g/mol. The molecule has 0 saturated carbocycles. The fourth-order valence-corrected chi connectivity index (χ4v) is 5.20. The van der Waals surface area contributed by atoms with Crippen LogP contribution in [0.4, 0.5) is 5.69 Å². The molecule has 1 amide bonds. The molecule has 186 valence electrons. The molecule has 0 aromatic heterocycles. The average Bonchev–Trinajstić information content (AvgIpc) is 2.81. The normalized spacial score (nSPS) is 11.3. The first-order valence-corrected chi connectivity index (χ1v) is 13.8. The van der Waals surface area contributed by atoms with E-state index in [2.05, 4.69) is 21.2 Å². The van der Waals surface area contributed by atoms with E-state index in [1.165, 1.54) is 0 Å². The van der Waals surface area contributed by atoms with Crippen molar-refractivity contribution in [2.45, 2.75) is 44.6 Å². The summed E-state index contributed by atoms with van der Waals surface area (Å²) < 4.78 is 34.5. The van der Waals surface area contributed by atoms with Crippen LogP contribution in [0.25, 0.3) is 0 Å². The van der Waals surface area contributed by atoms with E-state index in [4.69, 9.17) is 4.74 Å². The zero-order valence-electron chi connectivity index (χ0n) is 20.2. The van der Waals surface area contributed by atoms with Crippen LogP contribution >= 0.6 is 15.9 Å². The van der Waals surface area contributed by atoms with Crippen LogP contribution in [0.3, 0.4) is 0 Å². The van der Waals surface area contributed by atoms with Gasteiger partial charge in [0.05, 0.1) is 16.7 Å². The largest absolute Gasteiger partial charge is 0.491 e. The molecule has 0 atom stereocenters. The summed E-state index contributed by atoms with van der Waals surface area (Å²) in [6.45, 7) is 5.99. The minimum Gasteiger partial charge on any atom is -0.491 e. The topological polar surface area (TPSA) is 75.7 Å². The Labute approximate surface area is 216 Å². The number of nitrogens with one attached hydrogen (secondary N) is 1. The van der Waals surface area contributed by atoms with Gasteiger partial charge in [0.2, 0.25) is 5.91 Å². The van der Waals surface area contributed by atoms with Gasteiger partial charge in [-0.2, -0.15) is 0 Å². The maximum Gasteiger partial charge on any atom is 0.264 e. The van der Waals surface area contributed by atoms with Gasteiger partial charge in [-0.05, 0) is 87.7 Å². The molecule has 3 aromatic carbocycles. The fraction of sp³-hybridized carbons (Fsp3) is 0.296. The molecule has 0 bridgehead atoms. The number of hydrogen-bond donors (Lipinski definition) is 1. The van der Waals surface area contributed by atoms with Crippen LogP contribution in [0.15, 0.2) is 82.2 Å². The molecule has 0 aliphatic rings. The zero-order chi connectivity index (χ0) is 25.4. The second-order valence-electron chi connectivity index (χ2n) is 8.57. The quantitative estimate of drug-likeness (QED) is 0.316. The molecule has 0 aliphatic heterocycles. The van der Waals surface area contributed by atoms with Gasteiger partial charge in [-0.3, -0.25) is 9.10 Å². The molecule has 0 fully saturated rings. The lowest BCUT2D eigenvalue weighted by molar-refractivity contribution is -0.119. The Morgan fingerprint density at radius 1 is 1.03 bits per heavy atom. The molecule has 0 aliphatic carbocycles. The number of anilines is 1. The second kappa shape index (κ2) is 12.2. The van der Waals surface area contributed by atoms with E-state index >= 15 is 0 Å². The summed E-state index contributed by atoms with van der Waals surface area (Å²) in [6.07, 6.45) is 1.60. The molecule has 0 radical (unpaired) electrons. The number of benzene rings is 3. The summed E-state index contributed by atoms with van der Waals surface area (Å²) in [5, 5.41) is 2.86. The third-order valence-electron chi connectivity index (χ3n) is 5.25. The average molecular weight is 560 g/mol. The van der Waals surface area contributed by atoms with Gasteiger partial charge in [0, 0.05) is 11.0 Å². The van der Waals surface area contributed by atoms with Crippen molar-refractivity contribution in [2.24, 2.45) is 0 Å². The highest BCUT2D eigenvalue weighted by Gasteiger charge is 2.27. The molecule has 3 rings (SSSR count). The number of aryl methyl sites for hydroxylation is 2. The number of sulfonamides is 1. The van der Waals surface area contributed by atoms with Gasteiger partial charge >= 0.3 is 0 Å². The molecule has 3 aromatic rings. The van der Waals surface area contributed by atoms with Gasteiger partial charge < -0.3 is 10.1 Å². The summed E-state index contributed by atoms with van der Waals surface area (Å²) in [4.78, 5) is 12.9. The molecular weight excluding hydrogens is 528 g/mol. The standard InChI is InChI=1S/C27H31BrN2O4S/c1-20(2)34-25-8-4-6-22(18-25)7-5-17-29-27(31)19-30(24-13-11-23(28)12-14-24)35(32,33)26-15-9-21(3)10-16-26/h4,6,8-16,18,20H,5,7,17,19H2,1-3H3,(H,29,31). The number of halogens is 1. The van der Waals surface area contributed by atoms with E-state index in [0.29, 0.717) is 12.2 Å². The minimum atomic E-state index is -3.92. The van der Waals surface area contributed by atoms with Crippen LogP contribution in [0.2, 0.25) is 0 Å². The van der Waals surface area contributed by atoms with Crippen molar-refractivity contribution in [3.05, 3.63) is 88.4 Å². The van der Waals surface area contributed by atoms with E-state index in [1.54, 1.807) is 48.5 Å². The fourth-order valence-electron chi connectivity index (χ4n) is 3.51. The zero-order valence-corrected chi connectivity index (χ0v) is 22.6. The van der Waals surface area contributed by atoms with E-state index in [9.17, 15) is 13.2 Å². The highest BCUT2D eigenvalue weighted by atomic mass is 79.9. The molecule has 6 nitrogen and oxygen atoms in total. The lowest BCUT2D eigenvalue weighted by atomic mass is 10.1. The lowest BCUT2D eigenvalue weighted by Crippen LogP contribution is -2.41. The Morgan fingerprint density at radius 3 is 2.37 bits per heavy atom. The molecule has 1 N–H and O–H groups in total. The van der Waals surface area contributed by atoms with Gasteiger partial charge in [-0.25, -0.2) is 8.42 Å². The van der Waals surface area contributed by atoms with Crippen molar-refractivity contribution in [1.29, 1.82) is 0 Å². The first-order chi connectivity index (χ1) is 16.6.